The Morgan fingerprint density at radius 1 is 1.11 bits per heavy atom. The average molecular weight is 405 g/mol. The number of halogens is 1. The number of anilines is 1. The second-order valence-corrected chi connectivity index (χ2v) is 7.21. The summed E-state index contributed by atoms with van der Waals surface area (Å²) in [7, 11) is 1.69. The van der Waals surface area contributed by atoms with Crippen LogP contribution in [0.3, 0.4) is 0 Å². The highest BCUT2D eigenvalue weighted by Crippen LogP contribution is 2.29. The van der Waals surface area contributed by atoms with E-state index in [1.165, 1.54) is 29.7 Å². The summed E-state index contributed by atoms with van der Waals surface area (Å²) in [6.07, 6.45) is 5.51. The number of hydrogen-bond donors (Lipinski definition) is 0. The molecule has 0 unspecified atom stereocenters. The second kappa shape index (κ2) is 9.43. The number of nitrogens with zero attached hydrogens (tertiary/aromatic N) is 4. The third-order valence-corrected chi connectivity index (χ3v) is 5.32. The number of aromatic nitrogens is 2. The van der Waals surface area contributed by atoms with Gasteiger partial charge in [0, 0.05) is 50.9 Å². The number of benzene rings is 1. The first-order chi connectivity index (χ1) is 13.3. The minimum absolute atomic E-state index is 0. The van der Waals surface area contributed by atoms with Gasteiger partial charge in [0.2, 0.25) is 5.95 Å². The van der Waals surface area contributed by atoms with Crippen LogP contribution in [-0.2, 0) is 19.5 Å². The molecule has 0 N–H and O–H groups in total. The highest BCUT2D eigenvalue weighted by Gasteiger charge is 2.21. The third kappa shape index (κ3) is 4.50. The lowest BCUT2D eigenvalue weighted by molar-refractivity contribution is 0.242. The summed E-state index contributed by atoms with van der Waals surface area (Å²) in [5.41, 5.74) is 3.70. The summed E-state index contributed by atoms with van der Waals surface area (Å²) < 4.78 is 11.1. The minimum atomic E-state index is 0. The van der Waals surface area contributed by atoms with Crippen LogP contribution >= 0.6 is 12.4 Å². The summed E-state index contributed by atoms with van der Waals surface area (Å²) in [4.78, 5) is 14.2. The van der Waals surface area contributed by atoms with E-state index in [0.29, 0.717) is 6.61 Å². The monoisotopic (exact) mass is 404 g/mol. The number of methoxy groups -OCH3 is 1. The molecule has 0 radical (unpaired) electrons. The molecule has 0 bridgehead atoms. The van der Waals surface area contributed by atoms with E-state index in [2.05, 4.69) is 26.9 Å². The van der Waals surface area contributed by atoms with Crippen LogP contribution in [0.2, 0.25) is 0 Å². The highest BCUT2D eigenvalue weighted by molar-refractivity contribution is 5.85. The van der Waals surface area contributed by atoms with Crippen molar-refractivity contribution in [2.75, 3.05) is 38.3 Å². The molecule has 4 rings (SSSR count). The lowest BCUT2D eigenvalue weighted by atomic mass is 10.1. The summed E-state index contributed by atoms with van der Waals surface area (Å²) in [5, 5.41) is 0. The van der Waals surface area contributed by atoms with Gasteiger partial charge in [0.1, 0.15) is 0 Å². The van der Waals surface area contributed by atoms with Crippen molar-refractivity contribution < 1.29 is 9.47 Å². The SMILES string of the molecule is CCOc1ccc(CN2CCc3nc(N4CCCC4)ncc3C2)cc1OC.Cl. The van der Waals surface area contributed by atoms with Crippen LogP contribution in [0.25, 0.3) is 0 Å². The fourth-order valence-electron chi connectivity index (χ4n) is 3.91. The van der Waals surface area contributed by atoms with Gasteiger partial charge < -0.3 is 14.4 Å². The van der Waals surface area contributed by atoms with Crippen LogP contribution in [0.1, 0.15) is 36.6 Å². The van der Waals surface area contributed by atoms with Crippen LogP contribution in [0.4, 0.5) is 5.95 Å². The van der Waals surface area contributed by atoms with E-state index in [1.807, 2.05) is 19.2 Å². The molecule has 1 fully saturated rings. The first-order valence-corrected chi connectivity index (χ1v) is 9.88. The molecular formula is C21H29ClN4O2. The van der Waals surface area contributed by atoms with E-state index >= 15 is 0 Å². The molecule has 2 aliphatic rings. The Morgan fingerprint density at radius 3 is 2.68 bits per heavy atom. The van der Waals surface area contributed by atoms with Gasteiger partial charge in [-0.2, -0.15) is 0 Å². The Morgan fingerprint density at radius 2 is 1.93 bits per heavy atom. The van der Waals surface area contributed by atoms with Crippen molar-refractivity contribution in [1.29, 1.82) is 0 Å². The van der Waals surface area contributed by atoms with Gasteiger partial charge in [0.25, 0.3) is 0 Å². The zero-order chi connectivity index (χ0) is 18.6. The maximum Gasteiger partial charge on any atom is 0.225 e. The molecule has 1 aromatic heterocycles. The molecule has 7 heteroatoms. The van der Waals surface area contributed by atoms with Gasteiger partial charge in [-0.15, -0.1) is 12.4 Å². The van der Waals surface area contributed by atoms with Crippen molar-refractivity contribution in [3.05, 3.63) is 41.2 Å². The molecule has 28 heavy (non-hydrogen) atoms. The van der Waals surface area contributed by atoms with Crippen LogP contribution in [0.15, 0.2) is 24.4 Å². The fraction of sp³-hybridized carbons (Fsp3) is 0.524. The number of hydrogen-bond acceptors (Lipinski definition) is 6. The maximum atomic E-state index is 5.61. The smallest absolute Gasteiger partial charge is 0.225 e. The number of rotatable bonds is 6. The van der Waals surface area contributed by atoms with Gasteiger partial charge in [0.05, 0.1) is 19.4 Å². The molecule has 1 saturated heterocycles. The quantitative estimate of drug-likeness (QED) is 0.734. The summed E-state index contributed by atoms with van der Waals surface area (Å²) in [6, 6.07) is 6.20. The van der Waals surface area contributed by atoms with E-state index < -0.39 is 0 Å². The molecule has 2 aliphatic heterocycles. The van der Waals surface area contributed by atoms with Gasteiger partial charge in [-0.05, 0) is 37.5 Å². The van der Waals surface area contributed by atoms with Crippen molar-refractivity contribution in [2.45, 2.75) is 39.3 Å². The summed E-state index contributed by atoms with van der Waals surface area (Å²) in [5.74, 6) is 2.51. The normalized spacial score (nSPS) is 16.4. The van der Waals surface area contributed by atoms with E-state index in [0.717, 1.165) is 56.6 Å². The molecule has 152 valence electrons. The zero-order valence-electron chi connectivity index (χ0n) is 16.7. The molecule has 0 atom stereocenters. The van der Waals surface area contributed by atoms with Crippen LogP contribution < -0.4 is 14.4 Å². The fourth-order valence-corrected chi connectivity index (χ4v) is 3.91. The Kier molecular flexibility index (Phi) is 6.97. The largest absolute Gasteiger partial charge is 0.493 e. The average Bonchev–Trinajstić information content (AvgIpc) is 3.24. The van der Waals surface area contributed by atoms with Crippen molar-refractivity contribution >= 4 is 18.4 Å². The lowest BCUT2D eigenvalue weighted by Gasteiger charge is -2.29. The molecule has 0 saturated carbocycles. The highest BCUT2D eigenvalue weighted by atomic mass is 35.5. The second-order valence-electron chi connectivity index (χ2n) is 7.21. The number of fused-ring (bicyclic) bond motifs is 1. The Hall–Kier alpha value is -2.05. The molecule has 0 aliphatic carbocycles. The molecule has 3 heterocycles. The van der Waals surface area contributed by atoms with Crippen molar-refractivity contribution in [3.8, 4) is 11.5 Å². The minimum Gasteiger partial charge on any atom is -0.493 e. The van der Waals surface area contributed by atoms with Crippen molar-refractivity contribution in [3.63, 3.8) is 0 Å². The van der Waals surface area contributed by atoms with Crippen molar-refractivity contribution in [1.82, 2.24) is 14.9 Å². The van der Waals surface area contributed by atoms with Crippen LogP contribution in [-0.4, -0.2) is 48.2 Å². The molecule has 1 aromatic carbocycles. The Labute approximate surface area is 173 Å². The van der Waals surface area contributed by atoms with E-state index in [4.69, 9.17) is 14.5 Å². The van der Waals surface area contributed by atoms with Gasteiger partial charge in [0.15, 0.2) is 11.5 Å². The summed E-state index contributed by atoms with van der Waals surface area (Å²) >= 11 is 0. The molecule has 2 aromatic rings. The Bertz CT molecular complexity index is 796. The van der Waals surface area contributed by atoms with Gasteiger partial charge in [-0.1, -0.05) is 6.07 Å². The van der Waals surface area contributed by atoms with E-state index in [9.17, 15) is 0 Å². The number of ether oxygens (including phenoxy) is 2. The lowest BCUT2D eigenvalue weighted by Crippen LogP contribution is -2.31. The first-order valence-electron chi connectivity index (χ1n) is 9.88. The topological polar surface area (TPSA) is 50.7 Å². The van der Waals surface area contributed by atoms with Crippen molar-refractivity contribution in [2.24, 2.45) is 0 Å². The molecular weight excluding hydrogens is 376 g/mol. The Balaban J connectivity index is 0.00000225. The standard InChI is InChI=1S/C21H28N4O2.ClH/c1-3-27-19-7-6-16(12-20(19)26-2)14-24-11-8-18-17(15-24)13-22-21(23-18)25-9-4-5-10-25;/h6-7,12-13H,3-5,8-11,14-15H2,1-2H3;1H. The molecule has 0 amide bonds. The zero-order valence-corrected chi connectivity index (χ0v) is 17.5. The first kappa shape index (κ1) is 20.7. The van der Waals surface area contributed by atoms with E-state index in [1.54, 1.807) is 7.11 Å². The van der Waals surface area contributed by atoms with Gasteiger partial charge in [-0.3, -0.25) is 4.90 Å². The van der Waals surface area contributed by atoms with Crippen LogP contribution in [0.5, 0.6) is 11.5 Å². The van der Waals surface area contributed by atoms with Crippen LogP contribution in [0, 0.1) is 0 Å². The molecule has 0 spiro atoms. The predicted molar refractivity (Wildman–Crippen MR) is 113 cm³/mol. The van der Waals surface area contributed by atoms with E-state index in [-0.39, 0.29) is 12.4 Å². The van der Waals surface area contributed by atoms with Gasteiger partial charge in [-0.25, -0.2) is 9.97 Å². The molecule has 6 nitrogen and oxygen atoms in total. The predicted octanol–water partition coefficient (Wildman–Crippen LogP) is 3.46. The third-order valence-electron chi connectivity index (χ3n) is 5.32. The summed E-state index contributed by atoms with van der Waals surface area (Å²) in [6.45, 7) is 7.59. The maximum absolute atomic E-state index is 5.61. The van der Waals surface area contributed by atoms with Gasteiger partial charge >= 0.3 is 0 Å².